The Hall–Kier alpha value is -3.21. The minimum Gasteiger partial charge on any atom is -0.378 e. The lowest BCUT2D eigenvalue weighted by molar-refractivity contribution is -0.116. The number of carbonyl (C=O) groups is 1. The normalized spacial score (nSPS) is 11.7. The van der Waals surface area contributed by atoms with E-state index in [9.17, 15) is 9.18 Å². The molecule has 1 atom stereocenters. The van der Waals surface area contributed by atoms with Gasteiger partial charge in [-0.15, -0.1) is 0 Å². The zero-order valence-corrected chi connectivity index (χ0v) is 14.7. The molecule has 0 aliphatic carbocycles. The Morgan fingerprint density at radius 1 is 1.00 bits per heavy atom. The first-order chi connectivity index (χ1) is 12.5. The standard InChI is InChI=1S/C21H20FN3O/c1-25(2)18-12-10-17(11-13-18)24-21(26)20(19-5-3-4-14-23-19)15-6-8-16(22)9-7-15/h3-14,20H,1-2H3,(H,24,26). The van der Waals surface area contributed by atoms with Gasteiger partial charge in [-0.2, -0.15) is 0 Å². The quantitative estimate of drug-likeness (QED) is 0.756. The lowest BCUT2D eigenvalue weighted by Crippen LogP contribution is -2.23. The van der Waals surface area contributed by atoms with Crippen LogP contribution in [0.5, 0.6) is 0 Å². The summed E-state index contributed by atoms with van der Waals surface area (Å²) in [5.41, 5.74) is 3.04. The molecule has 1 N–H and O–H groups in total. The number of rotatable bonds is 5. The van der Waals surface area contributed by atoms with Gasteiger partial charge in [-0.25, -0.2) is 4.39 Å². The molecular formula is C21H20FN3O. The Morgan fingerprint density at radius 2 is 1.69 bits per heavy atom. The maximum absolute atomic E-state index is 13.3. The summed E-state index contributed by atoms with van der Waals surface area (Å²) in [5, 5.41) is 2.93. The van der Waals surface area contributed by atoms with Crippen molar-refractivity contribution in [3.63, 3.8) is 0 Å². The van der Waals surface area contributed by atoms with Crippen molar-refractivity contribution in [1.29, 1.82) is 0 Å². The third-order valence-electron chi connectivity index (χ3n) is 4.10. The van der Waals surface area contributed by atoms with Crippen molar-refractivity contribution in [2.75, 3.05) is 24.3 Å². The van der Waals surface area contributed by atoms with Gasteiger partial charge in [0, 0.05) is 31.7 Å². The molecule has 3 aromatic rings. The summed E-state index contributed by atoms with van der Waals surface area (Å²) >= 11 is 0. The van der Waals surface area contributed by atoms with E-state index in [-0.39, 0.29) is 11.7 Å². The average molecular weight is 349 g/mol. The Bertz CT molecular complexity index is 862. The van der Waals surface area contributed by atoms with Crippen LogP contribution in [-0.4, -0.2) is 25.0 Å². The maximum atomic E-state index is 13.3. The summed E-state index contributed by atoms with van der Waals surface area (Å²) in [7, 11) is 3.92. The smallest absolute Gasteiger partial charge is 0.237 e. The highest BCUT2D eigenvalue weighted by Gasteiger charge is 2.24. The summed E-state index contributed by atoms with van der Waals surface area (Å²) in [4.78, 5) is 19.3. The molecule has 1 heterocycles. The maximum Gasteiger partial charge on any atom is 0.237 e. The number of amides is 1. The largest absolute Gasteiger partial charge is 0.378 e. The molecular weight excluding hydrogens is 329 g/mol. The van der Waals surface area contributed by atoms with Crippen LogP contribution < -0.4 is 10.2 Å². The zero-order chi connectivity index (χ0) is 18.5. The zero-order valence-electron chi connectivity index (χ0n) is 14.7. The first-order valence-corrected chi connectivity index (χ1v) is 8.29. The van der Waals surface area contributed by atoms with Crippen LogP contribution in [0.15, 0.2) is 72.9 Å². The predicted molar refractivity (Wildman–Crippen MR) is 102 cm³/mol. The number of aromatic nitrogens is 1. The summed E-state index contributed by atoms with van der Waals surface area (Å²) in [6.07, 6.45) is 1.64. The Balaban J connectivity index is 1.88. The molecule has 1 amide bonds. The average Bonchev–Trinajstić information content (AvgIpc) is 2.65. The van der Waals surface area contributed by atoms with Crippen molar-refractivity contribution >= 4 is 17.3 Å². The van der Waals surface area contributed by atoms with Gasteiger partial charge in [-0.05, 0) is 54.1 Å². The molecule has 0 aliphatic rings. The molecule has 0 radical (unpaired) electrons. The third-order valence-corrected chi connectivity index (χ3v) is 4.10. The van der Waals surface area contributed by atoms with Crippen molar-refractivity contribution in [3.8, 4) is 0 Å². The van der Waals surface area contributed by atoms with Gasteiger partial charge in [0.25, 0.3) is 0 Å². The van der Waals surface area contributed by atoms with E-state index in [1.165, 1.54) is 12.1 Å². The number of carbonyl (C=O) groups excluding carboxylic acids is 1. The van der Waals surface area contributed by atoms with Crippen molar-refractivity contribution < 1.29 is 9.18 Å². The van der Waals surface area contributed by atoms with E-state index in [0.717, 1.165) is 5.69 Å². The molecule has 132 valence electrons. The van der Waals surface area contributed by atoms with Crippen LogP contribution in [0.4, 0.5) is 15.8 Å². The lowest BCUT2D eigenvalue weighted by atomic mass is 9.94. The molecule has 0 saturated heterocycles. The third kappa shape index (κ3) is 4.06. The number of benzene rings is 2. The molecule has 0 saturated carbocycles. The first kappa shape index (κ1) is 17.6. The minimum absolute atomic E-state index is 0.215. The fraction of sp³-hybridized carbons (Fsp3) is 0.143. The number of nitrogens with one attached hydrogen (secondary N) is 1. The predicted octanol–water partition coefficient (Wildman–Crippen LogP) is 4.06. The van der Waals surface area contributed by atoms with E-state index in [1.807, 2.05) is 49.3 Å². The second kappa shape index (κ2) is 7.78. The number of hydrogen-bond acceptors (Lipinski definition) is 3. The topological polar surface area (TPSA) is 45.2 Å². The monoisotopic (exact) mass is 349 g/mol. The highest BCUT2D eigenvalue weighted by molar-refractivity contribution is 5.98. The van der Waals surface area contributed by atoms with Gasteiger partial charge >= 0.3 is 0 Å². The van der Waals surface area contributed by atoms with Crippen LogP contribution in [0.3, 0.4) is 0 Å². The molecule has 0 aliphatic heterocycles. The number of anilines is 2. The summed E-state index contributed by atoms with van der Waals surface area (Å²) < 4.78 is 13.3. The van der Waals surface area contributed by atoms with Crippen molar-refractivity contribution in [1.82, 2.24) is 4.98 Å². The van der Waals surface area contributed by atoms with Crippen LogP contribution in [0.25, 0.3) is 0 Å². The van der Waals surface area contributed by atoms with Crippen LogP contribution in [0, 0.1) is 5.82 Å². The van der Waals surface area contributed by atoms with Crippen molar-refractivity contribution in [2.24, 2.45) is 0 Å². The van der Waals surface area contributed by atoms with Gasteiger partial charge in [0.05, 0.1) is 5.69 Å². The molecule has 26 heavy (non-hydrogen) atoms. The highest BCUT2D eigenvalue weighted by atomic mass is 19.1. The second-order valence-corrected chi connectivity index (χ2v) is 6.17. The van der Waals surface area contributed by atoms with E-state index < -0.39 is 5.92 Å². The van der Waals surface area contributed by atoms with Gasteiger partial charge in [-0.3, -0.25) is 9.78 Å². The van der Waals surface area contributed by atoms with Gasteiger partial charge < -0.3 is 10.2 Å². The van der Waals surface area contributed by atoms with E-state index in [1.54, 1.807) is 30.5 Å². The van der Waals surface area contributed by atoms with E-state index in [4.69, 9.17) is 0 Å². The number of pyridine rings is 1. The van der Waals surface area contributed by atoms with Gasteiger partial charge in [-0.1, -0.05) is 18.2 Å². The highest BCUT2D eigenvalue weighted by Crippen LogP contribution is 2.26. The molecule has 2 aromatic carbocycles. The Morgan fingerprint density at radius 3 is 2.27 bits per heavy atom. The number of halogens is 1. The molecule has 0 fully saturated rings. The van der Waals surface area contributed by atoms with Crippen molar-refractivity contribution in [2.45, 2.75) is 5.92 Å². The van der Waals surface area contributed by atoms with Gasteiger partial charge in [0.1, 0.15) is 11.7 Å². The second-order valence-electron chi connectivity index (χ2n) is 6.17. The van der Waals surface area contributed by atoms with E-state index >= 15 is 0 Å². The van der Waals surface area contributed by atoms with Crippen molar-refractivity contribution in [3.05, 3.63) is 90.0 Å². The number of hydrogen-bond donors (Lipinski definition) is 1. The SMILES string of the molecule is CN(C)c1ccc(NC(=O)C(c2ccc(F)cc2)c2ccccn2)cc1. The minimum atomic E-state index is -0.620. The molecule has 0 bridgehead atoms. The van der Waals surface area contributed by atoms with E-state index in [0.29, 0.717) is 16.9 Å². The summed E-state index contributed by atoms with van der Waals surface area (Å²) in [6, 6.07) is 18.9. The lowest BCUT2D eigenvalue weighted by Gasteiger charge is -2.18. The first-order valence-electron chi connectivity index (χ1n) is 8.29. The number of nitrogens with zero attached hydrogens (tertiary/aromatic N) is 2. The molecule has 1 unspecified atom stereocenters. The fourth-order valence-electron chi connectivity index (χ4n) is 2.72. The van der Waals surface area contributed by atoms with Crippen LogP contribution in [-0.2, 0) is 4.79 Å². The van der Waals surface area contributed by atoms with Crippen LogP contribution in [0.1, 0.15) is 17.2 Å². The molecule has 3 rings (SSSR count). The molecule has 5 heteroatoms. The Kier molecular flexibility index (Phi) is 5.27. The van der Waals surface area contributed by atoms with E-state index in [2.05, 4.69) is 10.3 Å². The summed E-state index contributed by atoms with van der Waals surface area (Å²) in [5.74, 6) is -1.17. The van der Waals surface area contributed by atoms with Crippen LogP contribution in [0.2, 0.25) is 0 Å². The Labute approximate surface area is 152 Å². The van der Waals surface area contributed by atoms with Gasteiger partial charge in [0.15, 0.2) is 0 Å². The van der Waals surface area contributed by atoms with Gasteiger partial charge in [0.2, 0.25) is 5.91 Å². The molecule has 0 spiro atoms. The van der Waals surface area contributed by atoms with Crippen LogP contribution >= 0.6 is 0 Å². The molecule has 1 aromatic heterocycles. The summed E-state index contributed by atoms with van der Waals surface area (Å²) in [6.45, 7) is 0. The fourth-order valence-corrected chi connectivity index (χ4v) is 2.72. The molecule has 4 nitrogen and oxygen atoms in total.